The number of rotatable bonds is 5. The maximum Gasteiger partial charge on any atom is 0.336 e. The van der Waals surface area contributed by atoms with Crippen LogP contribution < -0.4 is 5.32 Å². The van der Waals surface area contributed by atoms with Gasteiger partial charge in [-0.25, -0.2) is 4.79 Å². The molecule has 0 spiro atoms. The lowest BCUT2D eigenvalue weighted by Gasteiger charge is -2.36. The number of aromatic carboxylic acids is 1. The molecule has 1 heterocycles. The van der Waals surface area contributed by atoms with Crippen molar-refractivity contribution in [1.82, 2.24) is 10.2 Å². The zero-order valence-electron chi connectivity index (χ0n) is 13.1. The van der Waals surface area contributed by atoms with Gasteiger partial charge in [0.05, 0.1) is 5.56 Å². The van der Waals surface area contributed by atoms with E-state index in [1.807, 2.05) is 18.2 Å². The van der Waals surface area contributed by atoms with E-state index in [1.54, 1.807) is 12.1 Å². The number of benzene rings is 2. The van der Waals surface area contributed by atoms with Gasteiger partial charge >= 0.3 is 5.97 Å². The average Bonchev–Trinajstić information content (AvgIpc) is 2.58. The molecule has 23 heavy (non-hydrogen) atoms. The summed E-state index contributed by atoms with van der Waals surface area (Å²) in [6.07, 6.45) is 0.975. The highest BCUT2D eigenvalue weighted by atomic mass is 16.4. The Morgan fingerprint density at radius 1 is 1.13 bits per heavy atom. The van der Waals surface area contributed by atoms with Crippen molar-refractivity contribution in [3.8, 4) is 0 Å². The Hall–Kier alpha value is -2.17. The van der Waals surface area contributed by atoms with Crippen molar-refractivity contribution in [2.24, 2.45) is 0 Å². The van der Waals surface area contributed by atoms with E-state index in [0.29, 0.717) is 18.2 Å². The molecule has 120 valence electrons. The Morgan fingerprint density at radius 2 is 1.87 bits per heavy atom. The van der Waals surface area contributed by atoms with Crippen LogP contribution in [0.4, 0.5) is 0 Å². The fourth-order valence-corrected chi connectivity index (χ4v) is 3.18. The topological polar surface area (TPSA) is 52.6 Å². The largest absolute Gasteiger partial charge is 0.478 e. The number of nitrogens with one attached hydrogen (secondary N) is 1. The van der Waals surface area contributed by atoms with Crippen LogP contribution in [0.5, 0.6) is 0 Å². The molecule has 1 aliphatic rings. The van der Waals surface area contributed by atoms with Gasteiger partial charge < -0.3 is 10.4 Å². The van der Waals surface area contributed by atoms with Crippen molar-refractivity contribution in [1.29, 1.82) is 0 Å². The third-order valence-electron chi connectivity index (χ3n) is 4.41. The van der Waals surface area contributed by atoms with Gasteiger partial charge in [0.15, 0.2) is 0 Å². The Labute approximate surface area is 136 Å². The molecule has 1 fully saturated rings. The molecule has 1 aliphatic heterocycles. The molecule has 0 saturated carbocycles. The SMILES string of the molecule is O=C(O)c1ccccc1CN1CCNC[C@@H]1Cc1ccccc1. The summed E-state index contributed by atoms with van der Waals surface area (Å²) in [4.78, 5) is 13.8. The molecule has 2 N–H and O–H groups in total. The lowest BCUT2D eigenvalue weighted by atomic mass is 10.0. The van der Waals surface area contributed by atoms with Gasteiger partial charge in [0.2, 0.25) is 0 Å². The van der Waals surface area contributed by atoms with Crippen LogP contribution in [0.2, 0.25) is 0 Å². The lowest BCUT2D eigenvalue weighted by Crippen LogP contribution is -2.51. The zero-order chi connectivity index (χ0) is 16.1. The van der Waals surface area contributed by atoms with Crippen LogP contribution in [0.25, 0.3) is 0 Å². The van der Waals surface area contributed by atoms with Gasteiger partial charge in [0, 0.05) is 32.2 Å². The van der Waals surface area contributed by atoms with Crippen LogP contribution in [-0.2, 0) is 13.0 Å². The minimum atomic E-state index is -0.852. The summed E-state index contributed by atoms with van der Waals surface area (Å²) < 4.78 is 0. The van der Waals surface area contributed by atoms with Crippen LogP contribution in [0.1, 0.15) is 21.5 Å². The van der Waals surface area contributed by atoms with E-state index < -0.39 is 5.97 Å². The molecule has 0 aromatic heterocycles. The van der Waals surface area contributed by atoms with Crippen molar-refractivity contribution in [3.05, 3.63) is 71.3 Å². The Bertz CT molecular complexity index is 657. The van der Waals surface area contributed by atoms with Gasteiger partial charge in [-0.05, 0) is 23.6 Å². The highest BCUT2D eigenvalue weighted by molar-refractivity contribution is 5.89. The molecule has 3 rings (SSSR count). The first-order valence-corrected chi connectivity index (χ1v) is 8.04. The van der Waals surface area contributed by atoms with Crippen LogP contribution in [0, 0.1) is 0 Å². The predicted octanol–water partition coefficient (Wildman–Crippen LogP) is 2.40. The molecule has 2 aromatic carbocycles. The molecule has 2 aromatic rings. The fourth-order valence-electron chi connectivity index (χ4n) is 3.18. The Kier molecular flexibility index (Phi) is 5.05. The maximum absolute atomic E-state index is 11.4. The van der Waals surface area contributed by atoms with Crippen molar-refractivity contribution >= 4 is 5.97 Å². The van der Waals surface area contributed by atoms with E-state index in [2.05, 4.69) is 34.5 Å². The highest BCUT2D eigenvalue weighted by Crippen LogP contribution is 2.17. The van der Waals surface area contributed by atoms with Crippen molar-refractivity contribution in [3.63, 3.8) is 0 Å². The van der Waals surface area contributed by atoms with Crippen LogP contribution in [0.15, 0.2) is 54.6 Å². The molecule has 1 atom stereocenters. The zero-order valence-corrected chi connectivity index (χ0v) is 13.1. The minimum absolute atomic E-state index is 0.382. The third kappa shape index (κ3) is 3.97. The van der Waals surface area contributed by atoms with Gasteiger partial charge in [0.25, 0.3) is 0 Å². The standard InChI is InChI=1S/C19H22N2O2/c22-19(23)18-9-5-4-8-16(18)14-21-11-10-20-13-17(21)12-15-6-2-1-3-7-15/h1-9,17,20H,10-14H2,(H,22,23)/t17-/m0/s1. The minimum Gasteiger partial charge on any atom is -0.478 e. The second-order valence-corrected chi connectivity index (χ2v) is 5.98. The van der Waals surface area contributed by atoms with Gasteiger partial charge in [-0.2, -0.15) is 0 Å². The quantitative estimate of drug-likeness (QED) is 0.890. The molecular formula is C19H22N2O2. The molecule has 0 amide bonds. The van der Waals surface area contributed by atoms with Crippen LogP contribution in [-0.4, -0.2) is 41.7 Å². The maximum atomic E-state index is 11.4. The normalized spacial score (nSPS) is 18.7. The van der Waals surface area contributed by atoms with E-state index in [0.717, 1.165) is 31.6 Å². The van der Waals surface area contributed by atoms with E-state index in [9.17, 15) is 9.90 Å². The van der Waals surface area contributed by atoms with Gasteiger partial charge in [-0.15, -0.1) is 0 Å². The molecular weight excluding hydrogens is 288 g/mol. The first-order chi connectivity index (χ1) is 11.2. The van der Waals surface area contributed by atoms with E-state index in [1.165, 1.54) is 5.56 Å². The smallest absolute Gasteiger partial charge is 0.336 e. The number of carboxylic acids is 1. The summed E-state index contributed by atoms with van der Waals surface area (Å²) in [5.41, 5.74) is 2.61. The second-order valence-electron chi connectivity index (χ2n) is 5.98. The highest BCUT2D eigenvalue weighted by Gasteiger charge is 2.23. The molecule has 1 saturated heterocycles. The van der Waals surface area contributed by atoms with Crippen molar-refractivity contribution in [2.75, 3.05) is 19.6 Å². The summed E-state index contributed by atoms with van der Waals surface area (Å²) in [6.45, 7) is 3.50. The van der Waals surface area contributed by atoms with Crippen LogP contribution in [0.3, 0.4) is 0 Å². The summed E-state index contributed by atoms with van der Waals surface area (Å²) in [5, 5.41) is 12.8. The second kappa shape index (κ2) is 7.40. The van der Waals surface area contributed by atoms with E-state index in [4.69, 9.17) is 0 Å². The fraction of sp³-hybridized carbons (Fsp3) is 0.316. The number of carbonyl (C=O) groups is 1. The molecule has 0 aliphatic carbocycles. The van der Waals surface area contributed by atoms with Crippen LogP contribution >= 0.6 is 0 Å². The number of hydrogen-bond donors (Lipinski definition) is 2. The van der Waals surface area contributed by atoms with Crippen molar-refractivity contribution < 1.29 is 9.90 Å². The van der Waals surface area contributed by atoms with Crippen molar-refractivity contribution in [2.45, 2.75) is 19.0 Å². The number of hydrogen-bond acceptors (Lipinski definition) is 3. The third-order valence-corrected chi connectivity index (χ3v) is 4.41. The Morgan fingerprint density at radius 3 is 2.65 bits per heavy atom. The van der Waals surface area contributed by atoms with Gasteiger partial charge in [-0.1, -0.05) is 48.5 Å². The number of carboxylic acid groups (broad SMARTS) is 1. The average molecular weight is 310 g/mol. The van der Waals surface area contributed by atoms with E-state index in [-0.39, 0.29) is 0 Å². The first kappa shape index (κ1) is 15.7. The summed E-state index contributed by atoms with van der Waals surface area (Å²) >= 11 is 0. The van der Waals surface area contributed by atoms with Gasteiger partial charge in [-0.3, -0.25) is 4.90 Å². The van der Waals surface area contributed by atoms with E-state index >= 15 is 0 Å². The Balaban J connectivity index is 1.76. The molecule has 0 radical (unpaired) electrons. The monoisotopic (exact) mass is 310 g/mol. The summed E-state index contributed by atoms with van der Waals surface area (Å²) in [6, 6.07) is 18.2. The number of piperazine rings is 1. The summed E-state index contributed by atoms with van der Waals surface area (Å²) in [5.74, 6) is -0.852. The first-order valence-electron chi connectivity index (χ1n) is 8.04. The molecule has 4 heteroatoms. The molecule has 0 bridgehead atoms. The lowest BCUT2D eigenvalue weighted by molar-refractivity contribution is 0.0692. The van der Waals surface area contributed by atoms with Gasteiger partial charge in [0.1, 0.15) is 0 Å². The summed E-state index contributed by atoms with van der Waals surface area (Å²) in [7, 11) is 0. The number of nitrogens with zero attached hydrogens (tertiary/aromatic N) is 1. The predicted molar refractivity (Wildman–Crippen MR) is 90.6 cm³/mol. The molecule has 0 unspecified atom stereocenters. The molecule has 4 nitrogen and oxygen atoms in total.